The highest BCUT2D eigenvalue weighted by molar-refractivity contribution is 5.81. The van der Waals surface area contributed by atoms with Crippen LogP contribution < -0.4 is 5.32 Å². The molecule has 3 heterocycles. The molecule has 6 nitrogen and oxygen atoms in total. The number of imidazole rings is 1. The Balaban J connectivity index is 1.83. The van der Waals surface area contributed by atoms with Crippen molar-refractivity contribution < 1.29 is 0 Å². The van der Waals surface area contributed by atoms with Crippen molar-refractivity contribution in [3.63, 3.8) is 0 Å². The normalized spacial score (nSPS) is 10.7. The first kappa shape index (κ1) is 10.6. The Morgan fingerprint density at radius 1 is 1.22 bits per heavy atom. The minimum Gasteiger partial charge on any atom is -0.363 e. The predicted octanol–water partition coefficient (Wildman–Crippen LogP) is 1.67. The number of hydrogen-bond donors (Lipinski definition) is 2. The lowest BCUT2D eigenvalue weighted by molar-refractivity contribution is 1.02. The average Bonchev–Trinajstić information content (AvgIpc) is 2.85. The van der Waals surface area contributed by atoms with Gasteiger partial charge in [0, 0.05) is 6.20 Å². The fraction of sp³-hybridized carbons (Fsp3) is 0.167. The second-order valence-electron chi connectivity index (χ2n) is 4.00. The van der Waals surface area contributed by atoms with Gasteiger partial charge in [-0.1, -0.05) is 0 Å². The summed E-state index contributed by atoms with van der Waals surface area (Å²) in [7, 11) is 0. The maximum absolute atomic E-state index is 4.29. The molecule has 0 radical (unpaired) electrons. The Kier molecular flexibility index (Phi) is 2.60. The van der Waals surface area contributed by atoms with E-state index >= 15 is 0 Å². The van der Waals surface area contributed by atoms with E-state index in [0.717, 1.165) is 17.0 Å². The van der Waals surface area contributed by atoms with E-state index in [4.69, 9.17) is 0 Å². The van der Waals surface area contributed by atoms with E-state index < -0.39 is 0 Å². The predicted molar refractivity (Wildman–Crippen MR) is 68.0 cm³/mol. The average molecular weight is 240 g/mol. The lowest BCUT2D eigenvalue weighted by Crippen LogP contribution is -2.04. The van der Waals surface area contributed by atoms with Gasteiger partial charge in [0.2, 0.25) is 0 Å². The molecule has 0 aliphatic rings. The van der Waals surface area contributed by atoms with E-state index in [9.17, 15) is 0 Å². The third kappa shape index (κ3) is 2.00. The molecule has 0 saturated carbocycles. The quantitative estimate of drug-likeness (QED) is 0.728. The van der Waals surface area contributed by atoms with Gasteiger partial charge in [0.1, 0.15) is 11.8 Å². The molecule has 0 atom stereocenters. The van der Waals surface area contributed by atoms with Gasteiger partial charge in [-0.15, -0.1) is 0 Å². The molecule has 0 fully saturated rings. The molecule has 3 aromatic rings. The van der Waals surface area contributed by atoms with Crippen molar-refractivity contribution in [3.05, 3.63) is 42.2 Å². The molecule has 0 spiro atoms. The summed E-state index contributed by atoms with van der Waals surface area (Å²) < 4.78 is 0. The van der Waals surface area contributed by atoms with Crippen LogP contribution in [-0.2, 0) is 6.54 Å². The molecule has 0 bridgehead atoms. The summed E-state index contributed by atoms with van der Waals surface area (Å²) in [5, 5.41) is 3.23. The summed E-state index contributed by atoms with van der Waals surface area (Å²) >= 11 is 0. The van der Waals surface area contributed by atoms with Crippen molar-refractivity contribution in [1.82, 2.24) is 24.9 Å². The topological polar surface area (TPSA) is 79.4 Å². The van der Waals surface area contributed by atoms with Crippen LogP contribution in [0.1, 0.15) is 11.3 Å². The van der Waals surface area contributed by atoms with Gasteiger partial charge >= 0.3 is 0 Å². The van der Waals surface area contributed by atoms with E-state index in [-0.39, 0.29) is 0 Å². The van der Waals surface area contributed by atoms with Crippen molar-refractivity contribution >= 4 is 17.0 Å². The van der Waals surface area contributed by atoms with Gasteiger partial charge in [-0.3, -0.25) is 4.98 Å². The number of nitrogens with zero attached hydrogens (tertiary/aromatic N) is 4. The molecule has 6 heteroatoms. The minimum atomic E-state index is 0.618. The second-order valence-corrected chi connectivity index (χ2v) is 4.00. The van der Waals surface area contributed by atoms with Crippen molar-refractivity contribution in [2.75, 3.05) is 5.32 Å². The van der Waals surface area contributed by atoms with Gasteiger partial charge in [-0.25, -0.2) is 15.0 Å². The van der Waals surface area contributed by atoms with Crippen molar-refractivity contribution in [2.24, 2.45) is 0 Å². The fourth-order valence-electron chi connectivity index (χ4n) is 1.77. The van der Waals surface area contributed by atoms with Crippen molar-refractivity contribution in [2.45, 2.75) is 13.5 Å². The van der Waals surface area contributed by atoms with E-state index in [0.29, 0.717) is 12.2 Å². The highest BCUT2D eigenvalue weighted by Crippen LogP contribution is 2.15. The maximum atomic E-state index is 4.29. The standard InChI is InChI=1S/C12H12N6/c1-8-2-3-13-9(4-8)5-14-11-10-12(16-6-15-10)18-7-17-11/h2-4,6-7H,5H2,1H3,(H2,14,15,16,17,18). The summed E-state index contributed by atoms with van der Waals surface area (Å²) in [5.74, 6) is 0.737. The Hall–Kier alpha value is -2.50. The number of nitrogens with one attached hydrogen (secondary N) is 2. The second kappa shape index (κ2) is 4.40. The van der Waals surface area contributed by atoms with Crippen LogP contribution in [0.25, 0.3) is 11.2 Å². The SMILES string of the molecule is Cc1ccnc(CNc2ncnc3nc[nH]c23)c1. The minimum absolute atomic E-state index is 0.618. The highest BCUT2D eigenvalue weighted by atomic mass is 15.1. The molecule has 18 heavy (non-hydrogen) atoms. The monoisotopic (exact) mass is 240 g/mol. The number of aromatic nitrogens is 5. The van der Waals surface area contributed by atoms with Gasteiger partial charge in [0.05, 0.1) is 18.6 Å². The Morgan fingerprint density at radius 3 is 3.06 bits per heavy atom. The molecule has 0 saturated heterocycles. The number of H-pyrrole nitrogens is 1. The summed E-state index contributed by atoms with van der Waals surface area (Å²) in [6.07, 6.45) is 4.91. The first-order valence-electron chi connectivity index (χ1n) is 5.62. The third-order valence-corrected chi connectivity index (χ3v) is 2.63. The van der Waals surface area contributed by atoms with Crippen LogP contribution in [0.5, 0.6) is 0 Å². The van der Waals surface area contributed by atoms with Crippen LogP contribution >= 0.6 is 0 Å². The molecule has 3 aromatic heterocycles. The first-order valence-corrected chi connectivity index (χ1v) is 5.62. The van der Waals surface area contributed by atoms with Crippen LogP contribution in [0, 0.1) is 6.92 Å². The summed E-state index contributed by atoms with van der Waals surface area (Å²) in [6.45, 7) is 2.66. The van der Waals surface area contributed by atoms with Crippen LogP contribution in [-0.4, -0.2) is 24.9 Å². The summed E-state index contributed by atoms with van der Waals surface area (Å²) in [5.41, 5.74) is 3.63. The molecule has 0 unspecified atom stereocenters. The van der Waals surface area contributed by atoms with Crippen LogP contribution in [0.4, 0.5) is 5.82 Å². The van der Waals surface area contributed by atoms with Gasteiger partial charge in [0.15, 0.2) is 11.5 Å². The van der Waals surface area contributed by atoms with E-state index in [1.165, 1.54) is 11.9 Å². The highest BCUT2D eigenvalue weighted by Gasteiger charge is 2.05. The van der Waals surface area contributed by atoms with Gasteiger partial charge in [-0.05, 0) is 24.6 Å². The zero-order chi connectivity index (χ0) is 12.4. The number of hydrogen-bond acceptors (Lipinski definition) is 5. The Bertz CT molecular complexity index is 675. The van der Waals surface area contributed by atoms with Crippen LogP contribution in [0.15, 0.2) is 31.0 Å². The molecule has 0 amide bonds. The van der Waals surface area contributed by atoms with E-state index in [1.54, 1.807) is 12.5 Å². The molecule has 3 rings (SSSR count). The van der Waals surface area contributed by atoms with Gasteiger partial charge < -0.3 is 10.3 Å². The lowest BCUT2D eigenvalue weighted by Gasteiger charge is -2.05. The van der Waals surface area contributed by atoms with Crippen LogP contribution in [0.2, 0.25) is 0 Å². The number of aromatic amines is 1. The summed E-state index contributed by atoms with van der Waals surface area (Å²) in [4.78, 5) is 19.7. The fourth-order valence-corrected chi connectivity index (χ4v) is 1.77. The Labute approximate surface area is 104 Å². The molecule has 0 aromatic carbocycles. The van der Waals surface area contributed by atoms with Gasteiger partial charge in [-0.2, -0.15) is 0 Å². The zero-order valence-corrected chi connectivity index (χ0v) is 9.88. The number of rotatable bonds is 3. The molecule has 0 aliphatic heterocycles. The number of aryl methyl sites for hydroxylation is 1. The summed E-state index contributed by atoms with van der Waals surface area (Å²) in [6, 6.07) is 4.01. The van der Waals surface area contributed by atoms with E-state index in [2.05, 4.69) is 30.2 Å². The van der Waals surface area contributed by atoms with Crippen molar-refractivity contribution in [1.29, 1.82) is 0 Å². The number of fused-ring (bicyclic) bond motifs is 1. The number of pyridine rings is 1. The molecule has 0 aliphatic carbocycles. The maximum Gasteiger partial charge on any atom is 0.182 e. The van der Waals surface area contributed by atoms with E-state index in [1.807, 2.05) is 19.1 Å². The van der Waals surface area contributed by atoms with Crippen molar-refractivity contribution in [3.8, 4) is 0 Å². The number of anilines is 1. The third-order valence-electron chi connectivity index (χ3n) is 2.63. The lowest BCUT2D eigenvalue weighted by atomic mass is 10.2. The molecular weight excluding hydrogens is 228 g/mol. The molecular formula is C12H12N6. The van der Waals surface area contributed by atoms with Gasteiger partial charge in [0.25, 0.3) is 0 Å². The first-order chi connectivity index (χ1) is 8.83. The largest absolute Gasteiger partial charge is 0.363 e. The Morgan fingerprint density at radius 2 is 2.17 bits per heavy atom. The molecule has 90 valence electrons. The zero-order valence-electron chi connectivity index (χ0n) is 9.88. The smallest absolute Gasteiger partial charge is 0.182 e. The molecule has 2 N–H and O–H groups in total. The van der Waals surface area contributed by atoms with Crippen LogP contribution in [0.3, 0.4) is 0 Å².